The lowest BCUT2D eigenvalue weighted by Crippen LogP contribution is -2.34. The molecule has 1 aliphatic rings. The summed E-state index contributed by atoms with van der Waals surface area (Å²) >= 11 is 6.11. The number of allylic oxidation sites excluding steroid dienone is 1. The minimum Gasteiger partial charge on any atom is -0.428 e. The van der Waals surface area contributed by atoms with Gasteiger partial charge in [-0.3, -0.25) is 4.79 Å². The van der Waals surface area contributed by atoms with E-state index in [4.69, 9.17) is 17.3 Å². The monoisotopic (exact) mass is 556 g/mol. The molecule has 2 aromatic heterocycles. The number of rotatable bonds is 9. The summed E-state index contributed by atoms with van der Waals surface area (Å²) in [6, 6.07) is 1.42. The highest BCUT2D eigenvalue weighted by Gasteiger charge is 2.62. The van der Waals surface area contributed by atoms with E-state index in [1.807, 2.05) is 0 Å². The third-order valence-corrected chi connectivity index (χ3v) is 5.63. The second kappa shape index (κ2) is 10.6. The molecular formula is C21H20ClF7N6O2. The van der Waals surface area contributed by atoms with Crippen LogP contribution in [0.25, 0.3) is 5.57 Å². The van der Waals surface area contributed by atoms with Gasteiger partial charge in [0.05, 0.1) is 5.56 Å². The van der Waals surface area contributed by atoms with E-state index in [0.29, 0.717) is 11.2 Å². The largest absolute Gasteiger partial charge is 0.459 e. The topological polar surface area (TPSA) is 98.6 Å². The van der Waals surface area contributed by atoms with E-state index < -0.39 is 41.9 Å². The molecule has 0 saturated heterocycles. The number of nitrogens with two attached hydrogens (primary N) is 1. The molecule has 0 unspecified atom stereocenters. The molecule has 0 radical (unpaired) electrons. The Labute approximate surface area is 210 Å². The predicted octanol–water partition coefficient (Wildman–Crippen LogP) is 5.05. The first kappa shape index (κ1) is 28.2. The van der Waals surface area contributed by atoms with Crippen LogP contribution in [0.15, 0.2) is 23.5 Å². The number of pyridine rings is 1. The molecule has 0 aliphatic heterocycles. The number of carbonyl (C=O) groups excluding carboxylic acids is 1. The van der Waals surface area contributed by atoms with Crippen LogP contribution in [0.1, 0.15) is 41.4 Å². The maximum absolute atomic E-state index is 13.9. The van der Waals surface area contributed by atoms with Crippen molar-refractivity contribution in [2.45, 2.75) is 44.5 Å². The average Bonchev–Trinajstić information content (AvgIpc) is 3.59. The SMILES string of the molecule is CCN(C(=O)c1cc(C(C=Nc2c(OC(F)F)c(C(F)(F)C(F)(F)F)nn2C)=CN)cnc1Cl)C1CC1. The molecular weight excluding hydrogens is 537 g/mol. The Morgan fingerprint density at radius 3 is 2.51 bits per heavy atom. The molecule has 1 aliphatic carbocycles. The van der Waals surface area contributed by atoms with Crippen molar-refractivity contribution in [1.29, 1.82) is 0 Å². The lowest BCUT2D eigenvalue weighted by Gasteiger charge is -2.21. The Kier molecular flexibility index (Phi) is 8.05. The molecule has 2 N–H and O–H groups in total. The van der Waals surface area contributed by atoms with Crippen LogP contribution >= 0.6 is 11.6 Å². The van der Waals surface area contributed by atoms with Crippen molar-refractivity contribution in [3.05, 3.63) is 40.4 Å². The van der Waals surface area contributed by atoms with Crippen LogP contribution in [-0.4, -0.2) is 57.2 Å². The number of aryl methyl sites for hydroxylation is 1. The second-order valence-corrected chi connectivity index (χ2v) is 8.20. The van der Waals surface area contributed by atoms with Gasteiger partial charge in [0.15, 0.2) is 17.3 Å². The van der Waals surface area contributed by atoms with Gasteiger partial charge < -0.3 is 15.4 Å². The van der Waals surface area contributed by atoms with Crippen LogP contribution in [-0.2, 0) is 13.0 Å². The summed E-state index contributed by atoms with van der Waals surface area (Å²) in [4.78, 5) is 22.2. The smallest absolute Gasteiger partial charge is 0.428 e. The number of aliphatic imine (C=N–C) groups is 1. The van der Waals surface area contributed by atoms with Crippen LogP contribution in [0.2, 0.25) is 5.15 Å². The molecule has 0 aromatic carbocycles. The molecule has 0 spiro atoms. The summed E-state index contributed by atoms with van der Waals surface area (Å²) in [5.41, 5.74) is 3.73. The van der Waals surface area contributed by atoms with Gasteiger partial charge in [0.1, 0.15) is 5.15 Å². The van der Waals surface area contributed by atoms with Gasteiger partial charge in [0.25, 0.3) is 5.91 Å². The van der Waals surface area contributed by atoms with Gasteiger partial charge in [-0.1, -0.05) is 11.6 Å². The zero-order valence-corrected chi connectivity index (χ0v) is 20.0. The van der Waals surface area contributed by atoms with Crippen LogP contribution in [0.4, 0.5) is 36.6 Å². The van der Waals surface area contributed by atoms with Gasteiger partial charge in [-0.2, -0.15) is 35.8 Å². The van der Waals surface area contributed by atoms with Gasteiger partial charge in [-0.25, -0.2) is 14.7 Å². The number of aromatic nitrogens is 3. The number of amides is 1. The number of hydrogen-bond donors (Lipinski definition) is 1. The van der Waals surface area contributed by atoms with E-state index in [1.54, 1.807) is 11.8 Å². The van der Waals surface area contributed by atoms with Gasteiger partial charge in [-0.15, -0.1) is 0 Å². The van der Waals surface area contributed by atoms with E-state index in [9.17, 15) is 35.5 Å². The predicted molar refractivity (Wildman–Crippen MR) is 119 cm³/mol. The number of ether oxygens (including phenoxy) is 1. The van der Waals surface area contributed by atoms with Crippen molar-refractivity contribution in [3.8, 4) is 5.75 Å². The number of halogens is 8. The van der Waals surface area contributed by atoms with Gasteiger partial charge in [0, 0.05) is 49.4 Å². The van der Waals surface area contributed by atoms with Gasteiger partial charge in [-0.05, 0) is 25.8 Å². The maximum Gasteiger partial charge on any atom is 0.459 e. The molecule has 0 atom stereocenters. The first-order valence-electron chi connectivity index (χ1n) is 10.6. The Bertz CT molecular complexity index is 1220. The average molecular weight is 557 g/mol. The number of hydrogen-bond acceptors (Lipinski definition) is 6. The Morgan fingerprint density at radius 1 is 1.35 bits per heavy atom. The van der Waals surface area contributed by atoms with Crippen molar-refractivity contribution < 1.29 is 40.3 Å². The lowest BCUT2D eigenvalue weighted by molar-refractivity contribution is -0.291. The second-order valence-electron chi connectivity index (χ2n) is 7.84. The lowest BCUT2D eigenvalue weighted by atomic mass is 10.1. The first-order chi connectivity index (χ1) is 17.2. The fraction of sp³-hybridized carbons (Fsp3) is 0.429. The molecule has 1 amide bonds. The molecule has 16 heteroatoms. The van der Waals surface area contributed by atoms with Crippen LogP contribution in [0.5, 0.6) is 5.75 Å². The van der Waals surface area contributed by atoms with Crippen molar-refractivity contribution in [1.82, 2.24) is 19.7 Å². The molecule has 2 heterocycles. The molecule has 37 heavy (non-hydrogen) atoms. The Balaban J connectivity index is 2.01. The number of alkyl halides is 7. The zero-order chi connectivity index (χ0) is 27.7. The van der Waals surface area contributed by atoms with Gasteiger partial charge >= 0.3 is 18.7 Å². The van der Waals surface area contributed by atoms with E-state index in [-0.39, 0.29) is 27.9 Å². The fourth-order valence-electron chi connectivity index (χ4n) is 3.38. The number of nitrogens with zero attached hydrogens (tertiary/aromatic N) is 5. The number of carbonyl (C=O) groups is 1. The molecule has 2 aromatic rings. The van der Waals surface area contributed by atoms with Crippen molar-refractivity contribution in [3.63, 3.8) is 0 Å². The summed E-state index contributed by atoms with van der Waals surface area (Å²) in [5, 5.41) is 2.92. The summed E-state index contributed by atoms with van der Waals surface area (Å²) in [6.45, 7) is -1.54. The summed E-state index contributed by atoms with van der Waals surface area (Å²) in [7, 11) is 0.907. The van der Waals surface area contributed by atoms with E-state index in [0.717, 1.165) is 32.3 Å². The molecule has 1 fully saturated rings. The molecule has 8 nitrogen and oxygen atoms in total. The van der Waals surface area contributed by atoms with Crippen LogP contribution in [0, 0.1) is 0 Å². The summed E-state index contributed by atoms with van der Waals surface area (Å²) in [6.07, 6.45) is -1.41. The minimum atomic E-state index is -6.14. The van der Waals surface area contributed by atoms with Gasteiger partial charge in [0.2, 0.25) is 0 Å². The molecule has 1 saturated carbocycles. The maximum atomic E-state index is 13.9. The standard InChI is InChI=1S/C21H20ClF7N6O2/c1-3-35(12-4-5-12)18(36)13-6-10(8-31-16(13)22)11(7-30)9-32-17-14(37-19(23)24)15(33-34(17)2)20(25,26)21(27,28)29/h6-9,12,19H,3-5,30H2,1-2H3. The zero-order valence-electron chi connectivity index (χ0n) is 19.2. The third kappa shape index (κ3) is 5.81. The Hall–Kier alpha value is -3.36. The summed E-state index contributed by atoms with van der Waals surface area (Å²) < 4.78 is 96.7. The van der Waals surface area contributed by atoms with E-state index in [1.165, 1.54) is 12.3 Å². The molecule has 202 valence electrons. The van der Waals surface area contributed by atoms with Crippen molar-refractivity contribution in [2.24, 2.45) is 17.8 Å². The Morgan fingerprint density at radius 2 is 2.00 bits per heavy atom. The fourth-order valence-corrected chi connectivity index (χ4v) is 3.57. The molecule has 3 rings (SSSR count). The van der Waals surface area contributed by atoms with Crippen molar-refractivity contribution >= 4 is 35.1 Å². The normalized spacial score (nSPS) is 15.1. The minimum absolute atomic E-state index is 0.000940. The molecule has 0 bridgehead atoms. The van der Waals surface area contributed by atoms with Crippen LogP contribution < -0.4 is 10.5 Å². The first-order valence-corrected chi connectivity index (χ1v) is 11.0. The summed E-state index contributed by atoms with van der Waals surface area (Å²) in [5.74, 6) is -8.45. The van der Waals surface area contributed by atoms with E-state index in [2.05, 4.69) is 19.8 Å². The third-order valence-electron chi connectivity index (χ3n) is 5.33. The van der Waals surface area contributed by atoms with Crippen molar-refractivity contribution in [2.75, 3.05) is 6.54 Å². The highest BCUT2D eigenvalue weighted by Crippen LogP contribution is 2.49. The highest BCUT2D eigenvalue weighted by molar-refractivity contribution is 6.32. The highest BCUT2D eigenvalue weighted by atomic mass is 35.5. The quantitative estimate of drug-likeness (QED) is 0.265. The van der Waals surface area contributed by atoms with Crippen LogP contribution in [0.3, 0.4) is 0 Å². The van der Waals surface area contributed by atoms with E-state index >= 15 is 0 Å².